The van der Waals surface area contributed by atoms with Crippen molar-refractivity contribution in [3.8, 4) is 0 Å². The van der Waals surface area contributed by atoms with Gasteiger partial charge in [0.15, 0.2) is 10.3 Å². The first-order valence-electron chi connectivity index (χ1n) is 10.6. The quantitative estimate of drug-likeness (QED) is 0.106. The molecular weight excluding hydrogens is 513 g/mol. The van der Waals surface area contributed by atoms with Gasteiger partial charge in [0.05, 0.1) is 6.54 Å². The van der Waals surface area contributed by atoms with E-state index in [2.05, 4.69) is 10.6 Å². The zero-order chi connectivity index (χ0) is 25.0. The second-order valence-electron chi connectivity index (χ2n) is 7.74. The van der Waals surface area contributed by atoms with Crippen LogP contribution in [0.2, 0.25) is 0 Å². The van der Waals surface area contributed by atoms with Crippen LogP contribution in [0.4, 0.5) is 4.79 Å². The molecule has 0 spiro atoms. The van der Waals surface area contributed by atoms with E-state index >= 15 is 0 Å². The molecule has 2 N–H and O–H groups in total. The number of nitrogens with one attached hydrogen (secondary N) is 2. The molecule has 1 aromatic heterocycles. The van der Waals surface area contributed by atoms with E-state index in [1.807, 2.05) is 6.92 Å². The average molecular weight is 538 g/mol. The van der Waals surface area contributed by atoms with Gasteiger partial charge in [-0.15, -0.1) is 11.3 Å². The van der Waals surface area contributed by atoms with Crippen LogP contribution < -0.4 is 40.2 Å². The number of amides is 6. The summed E-state index contributed by atoms with van der Waals surface area (Å²) in [5, 5.41) is 6.35. The standard InChI is InChI=1S/C19H25N5O8S2.Na/c1-2-3-4-7-22-8-9-23(18(28)17(22)27)19(29)21-14(13-6-5-10-33-13)15(25)20-12-11-24(16(12)26)34(30,31)32;/h5-6,10,12,14H,2-4,7-9,11H2,1H3,(H,20,25)(H,21,29)(H,30,31,32);/q;+1/p-1. The fourth-order valence-corrected chi connectivity index (χ4v) is 4.97. The summed E-state index contributed by atoms with van der Waals surface area (Å²) >= 11 is 1.12. The van der Waals surface area contributed by atoms with Crippen LogP contribution >= 0.6 is 11.3 Å². The van der Waals surface area contributed by atoms with E-state index in [0.717, 1.165) is 35.5 Å². The Morgan fingerprint density at radius 1 is 1.20 bits per heavy atom. The molecule has 2 atom stereocenters. The summed E-state index contributed by atoms with van der Waals surface area (Å²) in [7, 11) is -4.97. The number of carbonyl (C=O) groups excluding carboxylic acids is 5. The average Bonchev–Trinajstić information content (AvgIpc) is 3.30. The Morgan fingerprint density at radius 2 is 1.91 bits per heavy atom. The zero-order valence-electron chi connectivity index (χ0n) is 19.3. The second kappa shape index (κ2) is 12.3. The van der Waals surface area contributed by atoms with Gasteiger partial charge in [-0.1, -0.05) is 25.8 Å². The second-order valence-corrected chi connectivity index (χ2v) is 10.0. The summed E-state index contributed by atoms with van der Waals surface area (Å²) in [6.07, 6.45) is 2.60. The number of urea groups is 1. The molecule has 16 heteroatoms. The van der Waals surface area contributed by atoms with Crippen LogP contribution in [0.25, 0.3) is 0 Å². The SMILES string of the molecule is CCCCCN1CCN(C(=O)NC(C(=O)NC2CN(S(=O)(=O)[O-])C2=O)c2cccs2)C(=O)C1=O.[Na+]. The van der Waals surface area contributed by atoms with Crippen molar-refractivity contribution in [2.45, 2.75) is 38.3 Å². The fourth-order valence-electron chi connectivity index (χ4n) is 3.52. The molecule has 0 bridgehead atoms. The molecule has 2 saturated heterocycles. The van der Waals surface area contributed by atoms with E-state index in [9.17, 15) is 36.9 Å². The molecule has 0 aromatic carbocycles. The third-order valence-electron chi connectivity index (χ3n) is 5.42. The fraction of sp³-hybridized carbons (Fsp3) is 0.526. The van der Waals surface area contributed by atoms with Gasteiger partial charge in [-0.2, -0.15) is 0 Å². The Hall–Kier alpha value is -2.04. The van der Waals surface area contributed by atoms with Crippen molar-refractivity contribution in [1.29, 1.82) is 0 Å². The number of carbonyl (C=O) groups is 5. The molecule has 2 fully saturated rings. The molecular formula is C19H24N5NaO8S2. The third-order valence-corrected chi connectivity index (χ3v) is 7.23. The minimum absolute atomic E-state index is 0. The van der Waals surface area contributed by atoms with Crippen LogP contribution in [0.3, 0.4) is 0 Å². The number of nitrogens with zero attached hydrogens (tertiary/aromatic N) is 3. The van der Waals surface area contributed by atoms with Crippen molar-refractivity contribution < 1.29 is 66.5 Å². The van der Waals surface area contributed by atoms with Gasteiger partial charge in [-0.05, 0) is 17.9 Å². The first kappa shape index (κ1) is 29.2. The van der Waals surface area contributed by atoms with Crippen LogP contribution in [0.5, 0.6) is 0 Å². The smallest absolute Gasteiger partial charge is 0.731 e. The van der Waals surface area contributed by atoms with Crippen molar-refractivity contribution in [2.75, 3.05) is 26.2 Å². The number of imide groups is 1. The maximum Gasteiger partial charge on any atom is 1.00 e. The molecule has 1 aromatic rings. The van der Waals surface area contributed by atoms with Gasteiger partial charge in [0.1, 0.15) is 12.1 Å². The van der Waals surface area contributed by atoms with Gasteiger partial charge in [-0.3, -0.25) is 24.1 Å². The number of thiophene rings is 1. The van der Waals surface area contributed by atoms with E-state index < -0.39 is 58.6 Å². The Labute approximate surface area is 228 Å². The summed E-state index contributed by atoms with van der Waals surface area (Å²) in [5.41, 5.74) is 0. The number of unbranched alkanes of at least 4 members (excludes halogenated alkanes) is 2. The molecule has 0 radical (unpaired) electrons. The van der Waals surface area contributed by atoms with Crippen molar-refractivity contribution in [3.05, 3.63) is 22.4 Å². The molecule has 2 unspecified atom stereocenters. The Balaban J connectivity index is 0.00000432. The minimum Gasteiger partial charge on any atom is -0.731 e. The molecule has 0 saturated carbocycles. The monoisotopic (exact) mass is 537 g/mol. The van der Waals surface area contributed by atoms with Crippen LogP contribution in [0.15, 0.2) is 17.5 Å². The molecule has 3 rings (SSSR count). The number of rotatable bonds is 9. The van der Waals surface area contributed by atoms with Crippen molar-refractivity contribution in [2.24, 2.45) is 0 Å². The predicted octanol–water partition coefficient (Wildman–Crippen LogP) is -3.85. The molecule has 186 valence electrons. The molecule has 13 nitrogen and oxygen atoms in total. The molecule has 2 aliphatic heterocycles. The first-order valence-corrected chi connectivity index (χ1v) is 12.8. The number of hydrogen-bond acceptors (Lipinski definition) is 9. The summed E-state index contributed by atoms with van der Waals surface area (Å²) in [6, 6.07) is -0.348. The number of piperazine rings is 1. The van der Waals surface area contributed by atoms with Gasteiger partial charge in [0.2, 0.25) is 5.91 Å². The summed E-state index contributed by atoms with van der Waals surface area (Å²) in [5.74, 6) is -3.72. The number of hydrogen-bond donors (Lipinski definition) is 2. The van der Waals surface area contributed by atoms with Crippen molar-refractivity contribution in [1.82, 2.24) is 24.7 Å². The molecule has 2 aliphatic rings. The molecule has 6 amide bonds. The maximum atomic E-state index is 12.8. The van der Waals surface area contributed by atoms with Gasteiger partial charge in [-0.25, -0.2) is 17.5 Å². The van der Waals surface area contributed by atoms with Crippen molar-refractivity contribution in [3.63, 3.8) is 0 Å². The van der Waals surface area contributed by atoms with Crippen LogP contribution in [-0.4, -0.2) is 89.0 Å². The predicted molar refractivity (Wildman–Crippen MR) is 117 cm³/mol. The van der Waals surface area contributed by atoms with Crippen LogP contribution in [-0.2, 0) is 29.5 Å². The number of β-lactam (4-membered cyclic amide) rings is 1. The van der Waals surface area contributed by atoms with E-state index in [4.69, 9.17) is 0 Å². The first-order chi connectivity index (χ1) is 16.0. The maximum absolute atomic E-state index is 12.8. The topological polar surface area (TPSA) is 176 Å². The third kappa shape index (κ3) is 6.80. The summed E-state index contributed by atoms with van der Waals surface area (Å²) in [4.78, 5) is 64.9. The van der Waals surface area contributed by atoms with E-state index in [0.29, 0.717) is 11.4 Å². The largest absolute Gasteiger partial charge is 1.00 e. The van der Waals surface area contributed by atoms with E-state index in [1.165, 1.54) is 4.90 Å². The van der Waals surface area contributed by atoms with Crippen LogP contribution in [0.1, 0.15) is 37.1 Å². The van der Waals surface area contributed by atoms with Gasteiger partial charge in [0, 0.05) is 24.5 Å². The van der Waals surface area contributed by atoms with Gasteiger partial charge in [0.25, 0.3) is 5.91 Å². The Bertz CT molecular complexity index is 1080. The minimum atomic E-state index is -4.97. The molecule has 0 aliphatic carbocycles. The van der Waals surface area contributed by atoms with Gasteiger partial charge >= 0.3 is 47.4 Å². The van der Waals surface area contributed by atoms with Crippen molar-refractivity contribution >= 4 is 51.3 Å². The Kier molecular flexibility index (Phi) is 10.2. The normalized spacial score (nSPS) is 19.1. The summed E-state index contributed by atoms with van der Waals surface area (Å²) in [6.45, 7) is 2.04. The Morgan fingerprint density at radius 3 is 2.49 bits per heavy atom. The zero-order valence-corrected chi connectivity index (χ0v) is 22.9. The molecule has 35 heavy (non-hydrogen) atoms. The van der Waals surface area contributed by atoms with E-state index in [-0.39, 0.29) is 47.0 Å². The summed E-state index contributed by atoms with van der Waals surface area (Å²) < 4.78 is 33.0. The van der Waals surface area contributed by atoms with Crippen LogP contribution in [0, 0.1) is 0 Å². The molecule has 3 heterocycles. The van der Waals surface area contributed by atoms with E-state index in [1.54, 1.807) is 17.5 Å². The van der Waals surface area contributed by atoms with Gasteiger partial charge < -0.3 is 20.1 Å².